The van der Waals surface area contributed by atoms with Gasteiger partial charge in [0, 0.05) is 0 Å². The van der Waals surface area contributed by atoms with E-state index in [4.69, 9.17) is 4.74 Å². The largest absolute Gasteiger partial charge is 0.462 e. The third-order valence-corrected chi connectivity index (χ3v) is 2.08. The van der Waals surface area contributed by atoms with E-state index in [1.807, 2.05) is 17.9 Å². The fourth-order valence-corrected chi connectivity index (χ4v) is 1.38. The summed E-state index contributed by atoms with van der Waals surface area (Å²) in [6.45, 7) is 2.24. The van der Waals surface area contributed by atoms with Gasteiger partial charge in [-0.2, -0.15) is 0 Å². The van der Waals surface area contributed by atoms with Gasteiger partial charge in [0.1, 0.15) is 0 Å². The van der Waals surface area contributed by atoms with Crippen LogP contribution in [0.5, 0.6) is 0 Å². The molecular formula is C8H9O2P. The van der Waals surface area contributed by atoms with Gasteiger partial charge in [0.2, 0.25) is 0 Å². The lowest BCUT2D eigenvalue weighted by molar-refractivity contribution is 0.0532. The van der Waals surface area contributed by atoms with E-state index in [1.54, 1.807) is 13.0 Å². The Balaban J connectivity index is 2.69. The van der Waals surface area contributed by atoms with Crippen LogP contribution < -0.4 is 0 Å². The summed E-state index contributed by atoms with van der Waals surface area (Å²) >= 11 is 0. The lowest BCUT2D eigenvalue weighted by atomic mass is 10.4. The van der Waals surface area contributed by atoms with Crippen LogP contribution in [-0.4, -0.2) is 12.6 Å². The molecule has 0 aliphatic heterocycles. The summed E-state index contributed by atoms with van der Waals surface area (Å²) in [6, 6.07) is 5.52. The second-order valence-corrected chi connectivity index (χ2v) is 2.97. The quantitative estimate of drug-likeness (QED) is 0.634. The Bertz CT molecular complexity index is 233. The van der Waals surface area contributed by atoms with Crippen molar-refractivity contribution in [1.29, 1.82) is 0 Å². The van der Waals surface area contributed by atoms with Gasteiger partial charge in [-0.05, 0) is 18.8 Å². The zero-order valence-corrected chi connectivity index (χ0v) is 7.17. The Hall–Kier alpha value is -0.880. The van der Waals surface area contributed by atoms with Crippen LogP contribution in [0.3, 0.4) is 0 Å². The minimum atomic E-state index is -0.213. The molecular weight excluding hydrogens is 159 g/mol. The Morgan fingerprint density at radius 1 is 1.64 bits per heavy atom. The lowest BCUT2D eigenvalue weighted by Crippen LogP contribution is -2.01. The van der Waals surface area contributed by atoms with Crippen LogP contribution in [0.1, 0.15) is 17.0 Å². The van der Waals surface area contributed by atoms with Gasteiger partial charge in [-0.25, -0.2) is 4.79 Å². The SMILES string of the molecule is CCOC(=O)c1ccccp1. The van der Waals surface area contributed by atoms with E-state index in [9.17, 15) is 4.79 Å². The minimum absolute atomic E-state index is 0.213. The molecule has 1 rings (SSSR count). The van der Waals surface area contributed by atoms with Crippen LogP contribution in [0.4, 0.5) is 0 Å². The number of hydrogen-bond donors (Lipinski definition) is 0. The van der Waals surface area contributed by atoms with Crippen LogP contribution in [-0.2, 0) is 4.74 Å². The van der Waals surface area contributed by atoms with Gasteiger partial charge in [-0.3, -0.25) is 0 Å². The topological polar surface area (TPSA) is 26.3 Å². The maximum atomic E-state index is 11.0. The molecule has 0 spiro atoms. The summed E-state index contributed by atoms with van der Waals surface area (Å²) in [6.07, 6.45) is 0. The van der Waals surface area contributed by atoms with Crippen molar-refractivity contribution >= 4 is 14.2 Å². The summed E-state index contributed by atoms with van der Waals surface area (Å²) in [5.74, 6) is 1.70. The molecule has 0 atom stereocenters. The van der Waals surface area contributed by atoms with Crippen molar-refractivity contribution in [2.75, 3.05) is 6.61 Å². The number of ether oxygens (including phenoxy) is 1. The van der Waals surface area contributed by atoms with E-state index in [0.717, 1.165) is 8.19 Å². The molecule has 0 saturated carbocycles. The van der Waals surface area contributed by atoms with E-state index in [0.29, 0.717) is 11.9 Å². The van der Waals surface area contributed by atoms with Crippen molar-refractivity contribution in [1.82, 2.24) is 0 Å². The molecule has 0 aliphatic carbocycles. The van der Waals surface area contributed by atoms with Gasteiger partial charge < -0.3 is 4.74 Å². The van der Waals surface area contributed by atoms with Gasteiger partial charge in [0.25, 0.3) is 0 Å². The molecule has 1 aromatic heterocycles. The minimum Gasteiger partial charge on any atom is -0.462 e. The molecule has 0 amide bonds. The van der Waals surface area contributed by atoms with Crippen LogP contribution in [0.15, 0.2) is 24.0 Å². The van der Waals surface area contributed by atoms with Crippen molar-refractivity contribution < 1.29 is 9.53 Å². The zero-order chi connectivity index (χ0) is 8.10. The summed E-state index contributed by atoms with van der Waals surface area (Å²) < 4.78 is 4.81. The Morgan fingerprint density at radius 2 is 2.45 bits per heavy atom. The predicted octanol–water partition coefficient (Wildman–Crippen LogP) is 2.44. The van der Waals surface area contributed by atoms with E-state index in [2.05, 4.69) is 0 Å². The molecule has 1 aromatic rings. The number of carbonyl (C=O) groups is 1. The Kier molecular flexibility index (Phi) is 3.06. The monoisotopic (exact) mass is 168 g/mol. The number of hydrogen-bond acceptors (Lipinski definition) is 2. The molecule has 3 heteroatoms. The summed E-state index contributed by atoms with van der Waals surface area (Å²) in [5.41, 5.74) is 0. The third-order valence-electron chi connectivity index (χ3n) is 1.15. The highest BCUT2D eigenvalue weighted by molar-refractivity contribution is 7.31. The summed E-state index contributed by atoms with van der Waals surface area (Å²) in [7, 11) is 0.922. The molecule has 0 bridgehead atoms. The van der Waals surface area contributed by atoms with Gasteiger partial charge in [-0.1, -0.05) is 20.3 Å². The van der Waals surface area contributed by atoms with Gasteiger partial charge in [-0.15, -0.1) is 0 Å². The van der Waals surface area contributed by atoms with Gasteiger partial charge in [0.15, 0.2) is 0 Å². The third kappa shape index (κ3) is 2.32. The first-order valence-electron chi connectivity index (χ1n) is 3.42. The van der Waals surface area contributed by atoms with Gasteiger partial charge in [0.05, 0.1) is 11.9 Å². The Labute approximate surface area is 67.3 Å². The van der Waals surface area contributed by atoms with Crippen molar-refractivity contribution in [3.05, 3.63) is 29.3 Å². The molecule has 0 fully saturated rings. The highest BCUT2D eigenvalue weighted by Crippen LogP contribution is 2.13. The first kappa shape index (κ1) is 8.22. The first-order chi connectivity index (χ1) is 5.34. The lowest BCUT2D eigenvalue weighted by Gasteiger charge is -1.98. The first-order valence-corrected chi connectivity index (χ1v) is 4.39. The molecule has 1 heterocycles. The molecule has 2 nitrogen and oxygen atoms in total. The van der Waals surface area contributed by atoms with Crippen molar-refractivity contribution in [2.24, 2.45) is 0 Å². The number of esters is 1. The van der Waals surface area contributed by atoms with Crippen molar-refractivity contribution in [3.63, 3.8) is 0 Å². The molecule has 58 valence electrons. The van der Waals surface area contributed by atoms with Crippen LogP contribution >= 0.6 is 8.19 Å². The van der Waals surface area contributed by atoms with Crippen LogP contribution in [0.25, 0.3) is 0 Å². The number of carbonyl (C=O) groups excluding carboxylic acids is 1. The van der Waals surface area contributed by atoms with E-state index in [1.165, 1.54) is 0 Å². The normalized spacial score (nSPS) is 9.91. The predicted molar refractivity (Wildman–Crippen MR) is 44.9 cm³/mol. The second-order valence-electron chi connectivity index (χ2n) is 1.94. The van der Waals surface area contributed by atoms with E-state index < -0.39 is 0 Å². The average molecular weight is 168 g/mol. The Morgan fingerprint density at radius 3 is 3.00 bits per heavy atom. The van der Waals surface area contributed by atoms with Crippen molar-refractivity contribution in [3.8, 4) is 0 Å². The van der Waals surface area contributed by atoms with Crippen LogP contribution in [0, 0.1) is 0 Å². The molecule has 0 unspecified atom stereocenters. The highest BCUT2D eigenvalue weighted by Gasteiger charge is 2.03. The standard InChI is InChI=1S/C8H9O2P/c1-2-10-8(9)7-5-3-4-6-11-7/h3-6H,2H2,1H3. The molecule has 0 saturated heterocycles. The van der Waals surface area contributed by atoms with E-state index in [-0.39, 0.29) is 5.97 Å². The second kappa shape index (κ2) is 4.09. The molecule has 0 aromatic carbocycles. The molecule has 0 radical (unpaired) electrons. The van der Waals surface area contributed by atoms with Gasteiger partial charge >= 0.3 is 5.97 Å². The van der Waals surface area contributed by atoms with Crippen LogP contribution in [0.2, 0.25) is 0 Å². The fourth-order valence-electron chi connectivity index (χ4n) is 0.689. The maximum absolute atomic E-state index is 11.0. The molecule has 0 aliphatic rings. The molecule has 0 N–H and O–H groups in total. The molecule has 11 heavy (non-hydrogen) atoms. The highest BCUT2D eigenvalue weighted by atomic mass is 31.0. The maximum Gasteiger partial charge on any atom is 0.342 e. The fraction of sp³-hybridized carbons (Fsp3) is 0.250. The average Bonchev–Trinajstić information content (AvgIpc) is 2.07. The smallest absolute Gasteiger partial charge is 0.342 e. The zero-order valence-electron chi connectivity index (χ0n) is 6.28. The number of rotatable bonds is 2. The summed E-state index contributed by atoms with van der Waals surface area (Å²) in [4.78, 5) is 11.0. The van der Waals surface area contributed by atoms with E-state index >= 15 is 0 Å². The summed E-state index contributed by atoms with van der Waals surface area (Å²) in [5, 5.41) is 0.703. The van der Waals surface area contributed by atoms with Crippen molar-refractivity contribution in [2.45, 2.75) is 6.92 Å².